The average Bonchev–Trinajstić information content (AvgIpc) is 2.35. The molecule has 90 valence electrons. The van der Waals surface area contributed by atoms with Crippen LogP contribution in [0.3, 0.4) is 0 Å². The summed E-state index contributed by atoms with van der Waals surface area (Å²) in [5.74, 6) is 1.49. The second-order valence-electron chi connectivity index (χ2n) is 3.80. The molecule has 0 heterocycles. The van der Waals surface area contributed by atoms with Gasteiger partial charge in [0.25, 0.3) is 0 Å². The van der Waals surface area contributed by atoms with Crippen molar-refractivity contribution < 1.29 is 9.47 Å². The van der Waals surface area contributed by atoms with Crippen molar-refractivity contribution in [3.8, 4) is 5.75 Å². The lowest BCUT2D eigenvalue weighted by molar-refractivity contribution is 0.0925. The second kappa shape index (κ2) is 7.69. The Morgan fingerprint density at radius 1 is 1.38 bits per heavy atom. The minimum absolute atomic E-state index is 0.602. The summed E-state index contributed by atoms with van der Waals surface area (Å²) in [5.41, 5.74) is 1.16. The number of halogens is 1. The maximum absolute atomic E-state index is 5.68. The minimum atomic E-state index is 0.602. The third kappa shape index (κ3) is 4.54. The Morgan fingerprint density at radius 2 is 2.19 bits per heavy atom. The van der Waals surface area contributed by atoms with Crippen LogP contribution in [-0.4, -0.2) is 19.0 Å². The van der Waals surface area contributed by atoms with Gasteiger partial charge in [-0.05, 0) is 23.6 Å². The molecule has 1 aromatic rings. The van der Waals surface area contributed by atoms with Crippen LogP contribution >= 0.6 is 15.9 Å². The van der Waals surface area contributed by atoms with Crippen LogP contribution in [0.1, 0.15) is 18.9 Å². The van der Waals surface area contributed by atoms with E-state index < -0.39 is 0 Å². The van der Waals surface area contributed by atoms with E-state index in [1.165, 1.54) is 0 Å². The molecule has 1 atom stereocenters. The molecular formula is C13H19BrO2. The minimum Gasteiger partial charge on any atom is -0.497 e. The molecule has 0 aromatic heterocycles. The number of methoxy groups -OCH3 is 1. The summed E-state index contributed by atoms with van der Waals surface area (Å²) >= 11 is 3.49. The van der Waals surface area contributed by atoms with Crippen molar-refractivity contribution in [1.82, 2.24) is 0 Å². The molecule has 2 nitrogen and oxygen atoms in total. The molecule has 0 fully saturated rings. The topological polar surface area (TPSA) is 18.5 Å². The number of hydrogen-bond acceptors (Lipinski definition) is 2. The lowest BCUT2D eigenvalue weighted by Crippen LogP contribution is -2.09. The highest BCUT2D eigenvalue weighted by Crippen LogP contribution is 2.14. The SMILES string of the molecule is CCC(CBr)COCc1cccc(OC)c1. The van der Waals surface area contributed by atoms with Gasteiger partial charge in [-0.15, -0.1) is 0 Å². The molecule has 0 amide bonds. The zero-order valence-electron chi connectivity index (χ0n) is 9.91. The van der Waals surface area contributed by atoms with E-state index in [4.69, 9.17) is 9.47 Å². The van der Waals surface area contributed by atoms with Gasteiger partial charge in [0.1, 0.15) is 5.75 Å². The van der Waals surface area contributed by atoms with Gasteiger partial charge in [-0.1, -0.05) is 41.4 Å². The molecule has 1 unspecified atom stereocenters. The quantitative estimate of drug-likeness (QED) is 0.713. The summed E-state index contributed by atoms with van der Waals surface area (Å²) in [4.78, 5) is 0. The highest BCUT2D eigenvalue weighted by Gasteiger charge is 2.04. The van der Waals surface area contributed by atoms with Crippen LogP contribution in [0, 0.1) is 5.92 Å². The van der Waals surface area contributed by atoms with Gasteiger partial charge in [0, 0.05) is 5.33 Å². The van der Waals surface area contributed by atoms with Gasteiger partial charge in [-0.25, -0.2) is 0 Å². The lowest BCUT2D eigenvalue weighted by atomic mass is 10.1. The third-order valence-corrected chi connectivity index (χ3v) is 3.47. The Bertz CT molecular complexity index is 298. The van der Waals surface area contributed by atoms with Gasteiger partial charge >= 0.3 is 0 Å². The van der Waals surface area contributed by atoms with Gasteiger partial charge in [-0.2, -0.15) is 0 Å². The van der Waals surface area contributed by atoms with Crippen molar-refractivity contribution in [2.75, 3.05) is 19.0 Å². The molecule has 0 spiro atoms. The van der Waals surface area contributed by atoms with E-state index in [2.05, 4.69) is 28.9 Å². The molecule has 0 N–H and O–H groups in total. The van der Waals surface area contributed by atoms with E-state index >= 15 is 0 Å². The molecular weight excluding hydrogens is 268 g/mol. The van der Waals surface area contributed by atoms with Crippen LogP contribution in [0.4, 0.5) is 0 Å². The molecule has 0 bridgehead atoms. The van der Waals surface area contributed by atoms with E-state index in [9.17, 15) is 0 Å². The molecule has 1 aromatic carbocycles. The molecule has 0 radical (unpaired) electrons. The largest absolute Gasteiger partial charge is 0.497 e. The van der Waals surface area contributed by atoms with Crippen molar-refractivity contribution in [1.29, 1.82) is 0 Å². The number of benzene rings is 1. The summed E-state index contributed by atoms with van der Waals surface area (Å²) in [6, 6.07) is 7.99. The van der Waals surface area contributed by atoms with E-state index in [0.29, 0.717) is 12.5 Å². The van der Waals surface area contributed by atoms with Gasteiger partial charge in [0.2, 0.25) is 0 Å². The normalized spacial score (nSPS) is 12.4. The van der Waals surface area contributed by atoms with Crippen LogP contribution in [-0.2, 0) is 11.3 Å². The smallest absolute Gasteiger partial charge is 0.119 e. The number of rotatable bonds is 7. The number of hydrogen-bond donors (Lipinski definition) is 0. The summed E-state index contributed by atoms with van der Waals surface area (Å²) in [6.45, 7) is 3.64. The Hall–Kier alpha value is -0.540. The molecule has 3 heteroatoms. The summed E-state index contributed by atoms with van der Waals surface area (Å²) in [6.07, 6.45) is 1.14. The maximum atomic E-state index is 5.68. The van der Waals surface area contributed by atoms with E-state index in [-0.39, 0.29) is 0 Å². The van der Waals surface area contributed by atoms with Crippen molar-refractivity contribution in [3.63, 3.8) is 0 Å². The summed E-state index contributed by atoms with van der Waals surface area (Å²) in [5, 5.41) is 1.00. The summed E-state index contributed by atoms with van der Waals surface area (Å²) in [7, 11) is 1.68. The summed E-state index contributed by atoms with van der Waals surface area (Å²) < 4.78 is 10.8. The second-order valence-corrected chi connectivity index (χ2v) is 4.44. The molecule has 0 saturated carbocycles. The Morgan fingerprint density at radius 3 is 2.81 bits per heavy atom. The molecule has 0 saturated heterocycles. The predicted octanol–water partition coefficient (Wildman–Crippen LogP) is 3.63. The van der Waals surface area contributed by atoms with Gasteiger partial charge in [-0.3, -0.25) is 0 Å². The van der Waals surface area contributed by atoms with Crippen LogP contribution in [0.15, 0.2) is 24.3 Å². The van der Waals surface area contributed by atoms with E-state index in [0.717, 1.165) is 29.7 Å². The maximum Gasteiger partial charge on any atom is 0.119 e. The van der Waals surface area contributed by atoms with Gasteiger partial charge < -0.3 is 9.47 Å². The zero-order chi connectivity index (χ0) is 11.8. The van der Waals surface area contributed by atoms with Crippen molar-refractivity contribution in [3.05, 3.63) is 29.8 Å². The monoisotopic (exact) mass is 286 g/mol. The van der Waals surface area contributed by atoms with E-state index in [1.807, 2.05) is 18.2 Å². The first-order valence-electron chi connectivity index (χ1n) is 5.56. The fraction of sp³-hybridized carbons (Fsp3) is 0.538. The first-order valence-corrected chi connectivity index (χ1v) is 6.69. The number of alkyl halides is 1. The molecule has 0 aliphatic rings. The molecule has 16 heavy (non-hydrogen) atoms. The molecule has 1 rings (SSSR count). The van der Waals surface area contributed by atoms with Gasteiger partial charge in [0.05, 0.1) is 20.3 Å². The number of ether oxygens (including phenoxy) is 2. The van der Waals surface area contributed by atoms with Crippen LogP contribution in [0.25, 0.3) is 0 Å². The standard InChI is InChI=1S/C13H19BrO2/c1-3-11(8-14)9-16-10-12-5-4-6-13(7-12)15-2/h4-7,11H,3,8-10H2,1-2H3. The average molecular weight is 287 g/mol. The highest BCUT2D eigenvalue weighted by molar-refractivity contribution is 9.09. The van der Waals surface area contributed by atoms with Gasteiger partial charge in [0.15, 0.2) is 0 Å². The predicted molar refractivity (Wildman–Crippen MR) is 70.2 cm³/mol. The fourth-order valence-electron chi connectivity index (χ4n) is 1.38. The first-order chi connectivity index (χ1) is 7.80. The highest BCUT2D eigenvalue weighted by atomic mass is 79.9. The zero-order valence-corrected chi connectivity index (χ0v) is 11.5. The Balaban J connectivity index is 2.36. The van der Waals surface area contributed by atoms with E-state index in [1.54, 1.807) is 7.11 Å². The Labute approximate surface area is 106 Å². The van der Waals surface area contributed by atoms with Crippen molar-refractivity contribution in [2.45, 2.75) is 20.0 Å². The fourth-order valence-corrected chi connectivity index (χ4v) is 2.02. The van der Waals surface area contributed by atoms with Crippen molar-refractivity contribution in [2.24, 2.45) is 5.92 Å². The van der Waals surface area contributed by atoms with Crippen LogP contribution in [0.5, 0.6) is 5.75 Å². The lowest BCUT2D eigenvalue weighted by Gasteiger charge is -2.12. The molecule has 0 aliphatic heterocycles. The third-order valence-electron chi connectivity index (χ3n) is 2.55. The Kier molecular flexibility index (Phi) is 6.50. The van der Waals surface area contributed by atoms with Crippen LogP contribution < -0.4 is 4.74 Å². The first kappa shape index (κ1) is 13.5. The molecule has 0 aliphatic carbocycles. The van der Waals surface area contributed by atoms with Crippen molar-refractivity contribution >= 4 is 15.9 Å². The van der Waals surface area contributed by atoms with Crippen LogP contribution in [0.2, 0.25) is 0 Å².